The number of esters is 1. The lowest BCUT2D eigenvalue weighted by Gasteiger charge is -2.07. The average molecular weight is 487 g/mol. The van der Waals surface area contributed by atoms with Crippen LogP contribution in [0.25, 0.3) is 32.0 Å². The highest BCUT2D eigenvalue weighted by Crippen LogP contribution is 2.26. The van der Waals surface area contributed by atoms with Gasteiger partial charge in [0.1, 0.15) is 17.7 Å². The van der Waals surface area contributed by atoms with Crippen LogP contribution in [0.15, 0.2) is 68.8 Å². The fourth-order valence-corrected chi connectivity index (χ4v) is 5.53. The molecule has 0 N–H and O–H groups in total. The molecule has 7 nitrogen and oxygen atoms in total. The minimum atomic E-state index is -0.758. The third-order valence-electron chi connectivity index (χ3n) is 5.77. The number of amides is 1. The molecule has 0 atom stereocenters. The summed E-state index contributed by atoms with van der Waals surface area (Å²) in [4.78, 5) is 42.9. The second-order valence-corrected chi connectivity index (χ2v) is 9.28. The van der Waals surface area contributed by atoms with Crippen LogP contribution in [-0.2, 0) is 16.1 Å². The first-order chi connectivity index (χ1) is 16.9. The van der Waals surface area contributed by atoms with Gasteiger partial charge in [-0.3, -0.25) is 9.59 Å². The molecule has 0 radical (unpaired) electrons. The average Bonchev–Trinajstić information content (AvgIpc) is 3.15. The second-order valence-electron chi connectivity index (χ2n) is 8.27. The van der Waals surface area contributed by atoms with Crippen molar-refractivity contribution in [2.75, 3.05) is 6.61 Å². The van der Waals surface area contributed by atoms with Gasteiger partial charge in [0.25, 0.3) is 5.91 Å². The summed E-state index contributed by atoms with van der Waals surface area (Å²) < 4.78 is 13.2. The largest absolute Gasteiger partial charge is 0.465 e. The Bertz CT molecular complexity index is 1770. The number of aromatic nitrogens is 1. The number of aryl methyl sites for hydroxylation is 2. The standard InChI is InChI=1S/C27H22N2O5S/c1-4-33-23(30)14-29-24-16(3)11-15(2)12-22(24)35-27(29)28-25(31)20-13-19-18-8-6-5-7-17(18)9-10-21(19)34-26(20)32/h5-13H,4,14H2,1-3H3. The van der Waals surface area contributed by atoms with Gasteiger partial charge in [-0.1, -0.05) is 47.7 Å². The van der Waals surface area contributed by atoms with E-state index in [1.807, 2.05) is 56.3 Å². The molecule has 0 aliphatic rings. The van der Waals surface area contributed by atoms with Crippen molar-refractivity contribution in [3.63, 3.8) is 0 Å². The molecule has 5 rings (SSSR count). The summed E-state index contributed by atoms with van der Waals surface area (Å²) in [6.45, 7) is 5.81. The number of hydrogen-bond donors (Lipinski definition) is 0. The van der Waals surface area contributed by atoms with Gasteiger partial charge in [-0.25, -0.2) is 4.79 Å². The van der Waals surface area contributed by atoms with E-state index < -0.39 is 17.5 Å². The van der Waals surface area contributed by atoms with E-state index in [1.54, 1.807) is 17.6 Å². The van der Waals surface area contributed by atoms with Crippen LogP contribution in [0, 0.1) is 13.8 Å². The minimum absolute atomic E-state index is 0.0964. The number of carbonyl (C=O) groups is 2. The molecule has 35 heavy (non-hydrogen) atoms. The van der Waals surface area contributed by atoms with Crippen molar-refractivity contribution >= 4 is 55.2 Å². The Labute approximate surface area is 203 Å². The highest BCUT2D eigenvalue weighted by atomic mass is 32.1. The fourth-order valence-electron chi connectivity index (χ4n) is 4.33. The molecule has 8 heteroatoms. The number of thiazole rings is 1. The van der Waals surface area contributed by atoms with Gasteiger partial charge in [-0.15, -0.1) is 0 Å². The number of fused-ring (bicyclic) bond motifs is 4. The fraction of sp³-hybridized carbons (Fsp3) is 0.185. The van der Waals surface area contributed by atoms with Crippen molar-refractivity contribution in [2.24, 2.45) is 4.99 Å². The van der Waals surface area contributed by atoms with Gasteiger partial charge in [0.2, 0.25) is 0 Å². The molecule has 0 saturated heterocycles. The van der Waals surface area contributed by atoms with E-state index in [0.717, 1.165) is 32.1 Å². The van der Waals surface area contributed by atoms with Crippen molar-refractivity contribution < 1.29 is 18.7 Å². The molecule has 0 saturated carbocycles. The third kappa shape index (κ3) is 4.17. The molecule has 1 amide bonds. The zero-order valence-corrected chi connectivity index (χ0v) is 20.3. The van der Waals surface area contributed by atoms with Crippen LogP contribution < -0.4 is 10.4 Å². The molecular weight excluding hydrogens is 464 g/mol. The number of rotatable bonds is 4. The van der Waals surface area contributed by atoms with E-state index in [9.17, 15) is 14.4 Å². The monoisotopic (exact) mass is 486 g/mol. The number of nitrogens with zero attached hydrogens (tertiary/aromatic N) is 2. The van der Waals surface area contributed by atoms with Crippen LogP contribution in [0.3, 0.4) is 0 Å². The topological polar surface area (TPSA) is 90.9 Å². The predicted molar refractivity (Wildman–Crippen MR) is 136 cm³/mol. The van der Waals surface area contributed by atoms with Gasteiger partial charge in [-0.05, 0) is 60.9 Å². The van der Waals surface area contributed by atoms with Gasteiger partial charge in [0, 0.05) is 5.39 Å². The third-order valence-corrected chi connectivity index (χ3v) is 6.80. The van der Waals surface area contributed by atoms with Crippen molar-refractivity contribution in [1.82, 2.24) is 4.57 Å². The van der Waals surface area contributed by atoms with Crippen LogP contribution in [0.2, 0.25) is 0 Å². The molecule has 0 unspecified atom stereocenters. The molecular formula is C27H22N2O5S. The number of benzene rings is 3. The molecule has 2 heterocycles. The Balaban J connectivity index is 1.70. The Morgan fingerprint density at radius 1 is 1.06 bits per heavy atom. The highest BCUT2D eigenvalue weighted by molar-refractivity contribution is 7.16. The summed E-state index contributed by atoms with van der Waals surface area (Å²) in [5, 5.41) is 2.49. The maximum absolute atomic E-state index is 13.3. The summed E-state index contributed by atoms with van der Waals surface area (Å²) in [5.74, 6) is -1.16. The zero-order chi connectivity index (χ0) is 24.7. The number of ether oxygens (including phenoxy) is 1. The van der Waals surface area contributed by atoms with E-state index in [1.165, 1.54) is 17.4 Å². The molecule has 0 spiro atoms. The first-order valence-corrected chi connectivity index (χ1v) is 12.0. The summed E-state index contributed by atoms with van der Waals surface area (Å²) >= 11 is 1.28. The SMILES string of the molecule is CCOC(=O)Cn1c(=NC(=O)c2cc3c(ccc4ccccc43)oc2=O)sc2cc(C)cc(C)c21. The molecule has 0 bridgehead atoms. The Hall–Kier alpha value is -4.04. The molecule has 0 fully saturated rings. The van der Waals surface area contributed by atoms with Gasteiger partial charge in [0.15, 0.2) is 4.80 Å². The maximum Gasteiger partial charge on any atom is 0.349 e. The van der Waals surface area contributed by atoms with Gasteiger partial charge >= 0.3 is 11.6 Å². The van der Waals surface area contributed by atoms with Crippen LogP contribution in [-0.4, -0.2) is 23.1 Å². The van der Waals surface area contributed by atoms with Gasteiger partial charge < -0.3 is 13.7 Å². The quantitative estimate of drug-likeness (QED) is 0.205. The zero-order valence-electron chi connectivity index (χ0n) is 19.5. The van der Waals surface area contributed by atoms with Crippen LogP contribution in [0.5, 0.6) is 0 Å². The maximum atomic E-state index is 13.3. The summed E-state index contributed by atoms with van der Waals surface area (Å²) in [5.41, 5.74) is 2.28. The summed E-state index contributed by atoms with van der Waals surface area (Å²) in [7, 11) is 0. The molecule has 3 aromatic carbocycles. The smallest absolute Gasteiger partial charge is 0.349 e. The lowest BCUT2D eigenvalue weighted by Crippen LogP contribution is -2.24. The van der Waals surface area contributed by atoms with Crippen molar-refractivity contribution in [2.45, 2.75) is 27.3 Å². The Morgan fingerprint density at radius 3 is 2.66 bits per heavy atom. The summed E-state index contributed by atoms with van der Waals surface area (Å²) in [6, 6.07) is 16.8. The Morgan fingerprint density at radius 2 is 1.86 bits per heavy atom. The number of hydrogen-bond acceptors (Lipinski definition) is 6. The molecule has 0 aliphatic heterocycles. The van der Waals surface area contributed by atoms with E-state index in [2.05, 4.69) is 4.99 Å². The lowest BCUT2D eigenvalue weighted by molar-refractivity contribution is -0.143. The van der Waals surface area contributed by atoms with Crippen LogP contribution in [0.4, 0.5) is 0 Å². The van der Waals surface area contributed by atoms with E-state index in [4.69, 9.17) is 9.15 Å². The lowest BCUT2D eigenvalue weighted by atomic mass is 10.0. The number of carbonyl (C=O) groups excluding carboxylic acids is 2. The van der Waals surface area contributed by atoms with Crippen LogP contribution >= 0.6 is 11.3 Å². The van der Waals surface area contributed by atoms with Crippen molar-refractivity contribution in [3.8, 4) is 0 Å². The molecule has 2 aromatic heterocycles. The van der Waals surface area contributed by atoms with Gasteiger partial charge in [0.05, 0.1) is 16.8 Å². The van der Waals surface area contributed by atoms with Crippen LogP contribution in [0.1, 0.15) is 28.4 Å². The van der Waals surface area contributed by atoms with E-state index in [0.29, 0.717) is 15.8 Å². The van der Waals surface area contributed by atoms with Gasteiger partial charge in [-0.2, -0.15) is 4.99 Å². The van der Waals surface area contributed by atoms with E-state index >= 15 is 0 Å². The minimum Gasteiger partial charge on any atom is -0.465 e. The summed E-state index contributed by atoms with van der Waals surface area (Å²) in [6.07, 6.45) is 0. The van der Waals surface area contributed by atoms with Crippen molar-refractivity contribution in [3.05, 3.63) is 86.5 Å². The highest BCUT2D eigenvalue weighted by Gasteiger charge is 2.18. The molecule has 176 valence electrons. The second kappa shape index (κ2) is 8.96. The first-order valence-electron chi connectivity index (χ1n) is 11.2. The first kappa shape index (κ1) is 22.7. The van der Waals surface area contributed by atoms with E-state index in [-0.39, 0.29) is 18.7 Å². The predicted octanol–water partition coefficient (Wildman–Crippen LogP) is 4.88. The Kier molecular flexibility index (Phi) is 5.82. The molecule has 0 aliphatic carbocycles. The normalized spacial score (nSPS) is 12.0. The molecule has 5 aromatic rings. The van der Waals surface area contributed by atoms with Crippen molar-refractivity contribution in [1.29, 1.82) is 0 Å².